The zero-order valence-corrected chi connectivity index (χ0v) is 16.5. The van der Waals surface area contributed by atoms with Crippen molar-refractivity contribution in [2.45, 2.75) is 19.7 Å². The highest BCUT2D eigenvalue weighted by Gasteiger charge is 2.33. The Hall–Kier alpha value is -3.00. The lowest BCUT2D eigenvalue weighted by molar-refractivity contribution is -0.136. The van der Waals surface area contributed by atoms with E-state index in [1.807, 2.05) is 19.1 Å². The lowest BCUT2D eigenvalue weighted by atomic mass is 10.1. The van der Waals surface area contributed by atoms with E-state index in [9.17, 15) is 18.0 Å². The monoisotopic (exact) mass is 421 g/mol. The maximum absolute atomic E-state index is 13.1. The molecule has 1 aromatic heterocycles. The normalized spacial score (nSPS) is 11.2. The molecule has 1 heterocycles. The highest BCUT2D eigenvalue weighted by molar-refractivity contribution is 7.12. The number of hydrogen-bond donors (Lipinski definition) is 1. The Balaban J connectivity index is 1.68. The number of benzene rings is 2. The van der Waals surface area contributed by atoms with Gasteiger partial charge in [0.25, 0.3) is 5.91 Å². The quantitative estimate of drug-likeness (QED) is 0.538. The molecular formula is C21H18F3NO3S. The predicted molar refractivity (Wildman–Crippen MR) is 106 cm³/mol. The number of methoxy groups -OCH3 is 1. The van der Waals surface area contributed by atoms with E-state index in [2.05, 4.69) is 5.32 Å². The molecule has 29 heavy (non-hydrogen) atoms. The Morgan fingerprint density at radius 2 is 1.86 bits per heavy atom. The lowest BCUT2D eigenvalue weighted by Gasteiger charge is -2.13. The van der Waals surface area contributed by atoms with Crippen LogP contribution in [0.15, 0.2) is 53.9 Å². The van der Waals surface area contributed by atoms with Gasteiger partial charge in [0.05, 0.1) is 23.2 Å². The molecule has 4 nitrogen and oxygen atoms in total. The summed E-state index contributed by atoms with van der Waals surface area (Å²) in [6.45, 7) is 2.13. The molecule has 152 valence electrons. The number of ether oxygens (including phenoxy) is 2. The van der Waals surface area contributed by atoms with E-state index in [1.54, 1.807) is 24.6 Å². The Bertz CT molecular complexity index is 1010. The first-order chi connectivity index (χ1) is 13.8. The van der Waals surface area contributed by atoms with Crippen LogP contribution in [0.2, 0.25) is 0 Å². The second-order valence-corrected chi connectivity index (χ2v) is 7.17. The summed E-state index contributed by atoms with van der Waals surface area (Å²) in [5, 5.41) is 4.06. The van der Waals surface area contributed by atoms with E-state index in [-0.39, 0.29) is 17.2 Å². The molecule has 0 aliphatic heterocycles. The van der Waals surface area contributed by atoms with Gasteiger partial charge in [-0.3, -0.25) is 4.79 Å². The van der Waals surface area contributed by atoms with Crippen molar-refractivity contribution in [3.05, 3.63) is 75.5 Å². The Kier molecular flexibility index (Phi) is 6.12. The molecule has 1 N–H and O–H groups in total. The summed E-state index contributed by atoms with van der Waals surface area (Å²) < 4.78 is 50.3. The van der Waals surface area contributed by atoms with Crippen LogP contribution in [-0.2, 0) is 12.8 Å². The summed E-state index contributed by atoms with van der Waals surface area (Å²) in [6, 6.07) is 12.0. The second-order valence-electron chi connectivity index (χ2n) is 6.26. The van der Waals surface area contributed by atoms with Crippen LogP contribution in [0.5, 0.6) is 11.5 Å². The van der Waals surface area contributed by atoms with Gasteiger partial charge in [0.2, 0.25) is 0 Å². The Morgan fingerprint density at radius 1 is 1.10 bits per heavy atom. The van der Waals surface area contributed by atoms with Crippen LogP contribution in [0, 0.1) is 6.92 Å². The molecule has 1 amide bonds. The first kappa shape index (κ1) is 20.7. The number of thiophene rings is 1. The summed E-state index contributed by atoms with van der Waals surface area (Å²) in [7, 11) is 1.55. The van der Waals surface area contributed by atoms with Crippen molar-refractivity contribution in [2.24, 2.45) is 0 Å². The summed E-state index contributed by atoms with van der Waals surface area (Å²) >= 11 is 1.13. The fourth-order valence-corrected chi connectivity index (χ4v) is 3.44. The number of nitrogens with one attached hydrogen (secondary N) is 1. The molecule has 3 rings (SSSR count). The standard InChI is InChI=1S/C21H18F3NO3S/c1-13-7-8-17(18(9-13)27-2)28-11-14-10-19(29-12-14)20(26)25-16-6-4-3-5-15(16)21(22,23)24/h3-10,12H,11H2,1-2H3,(H,25,26). The fraction of sp³-hybridized carbons (Fsp3) is 0.190. The van der Waals surface area contributed by atoms with Gasteiger partial charge in [-0.2, -0.15) is 13.2 Å². The maximum Gasteiger partial charge on any atom is 0.418 e. The molecule has 2 aromatic carbocycles. The third-order valence-electron chi connectivity index (χ3n) is 4.07. The van der Waals surface area contributed by atoms with Gasteiger partial charge in [-0.1, -0.05) is 18.2 Å². The number of carbonyl (C=O) groups is 1. The number of halogens is 3. The van der Waals surface area contributed by atoms with Crippen molar-refractivity contribution in [1.82, 2.24) is 0 Å². The number of carbonyl (C=O) groups excluding carboxylic acids is 1. The summed E-state index contributed by atoms with van der Waals surface area (Å²) in [4.78, 5) is 12.7. The van der Waals surface area contributed by atoms with Gasteiger partial charge in [-0.15, -0.1) is 11.3 Å². The van der Waals surface area contributed by atoms with Crippen LogP contribution in [-0.4, -0.2) is 13.0 Å². The number of amides is 1. The van der Waals surface area contributed by atoms with Crippen molar-refractivity contribution >= 4 is 22.9 Å². The molecule has 8 heteroatoms. The molecule has 0 aliphatic carbocycles. The van der Waals surface area contributed by atoms with Crippen LogP contribution in [0.4, 0.5) is 18.9 Å². The topological polar surface area (TPSA) is 47.6 Å². The molecule has 0 spiro atoms. The van der Waals surface area contributed by atoms with Crippen molar-refractivity contribution < 1.29 is 27.4 Å². The maximum atomic E-state index is 13.1. The molecule has 0 radical (unpaired) electrons. The number of hydrogen-bond acceptors (Lipinski definition) is 4. The zero-order chi connectivity index (χ0) is 21.0. The van der Waals surface area contributed by atoms with Crippen LogP contribution < -0.4 is 14.8 Å². The molecule has 0 bridgehead atoms. The summed E-state index contributed by atoms with van der Waals surface area (Å²) in [5.41, 5.74) is 0.593. The highest BCUT2D eigenvalue weighted by Crippen LogP contribution is 2.35. The zero-order valence-electron chi connectivity index (χ0n) is 15.7. The Morgan fingerprint density at radius 3 is 2.59 bits per heavy atom. The average Bonchev–Trinajstić information content (AvgIpc) is 3.15. The number of anilines is 1. The highest BCUT2D eigenvalue weighted by atomic mass is 32.1. The third-order valence-corrected chi connectivity index (χ3v) is 5.05. The van der Waals surface area contributed by atoms with Crippen LogP contribution in [0.1, 0.15) is 26.4 Å². The van der Waals surface area contributed by atoms with Gasteiger partial charge in [0.15, 0.2) is 11.5 Å². The molecule has 0 aliphatic rings. The van der Waals surface area contributed by atoms with Crippen LogP contribution in [0.25, 0.3) is 0 Å². The molecule has 0 unspecified atom stereocenters. The SMILES string of the molecule is COc1cc(C)ccc1OCc1csc(C(=O)Nc2ccccc2C(F)(F)F)c1. The minimum absolute atomic E-state index is 0.197. The molecule has 0 atom stereocenters. The van der Waals surface area contributed by atoms with Gasteiger partial charge in [0.1, 0.15) is 6.61 Å². The van der Waals surface area contributed by atoms with Gasteiger partial charge >= 0.3 is 6.18 Å². The van der Waals surface area contributed by atoms with Gasteiger partial charge in [-0.25, -0.2) is 0 Å². The fourth-order valence-electron chi connectivity index (χ4n) is 2.65. The largest absolute Gasteiger partial charge is 0.493 e. The van der Waals surface area contributed by atoms with Crippen molar-refractivity contribution in [3.8, 4) is 11.5 Å². The number of para-hydroxylation sites is 1. The van der Waals surface area contributed by atoms with Crippen LogP contribution in [0.3, 0.4) is 0 Å². The molecule has 0 saturated heterocycles. The minimum Gasteiger partial charge on any atom is -0.493 e. The molecular weight excluding hydrogens is 403 g/mol. The summed E-state index contributed by atoms with van der Waals surface area (Å²) in [6.07, 6.45) is -4.55. The van der Waals surface area contributed by atoms with Gasteiger partial charge in [-0.05, 0) is 48.2 Å². The lowest BCUT2D eigenvalue weighted by Crippen LogP contribution is -2.15. The van der Waals surface area contributed by atoms with Crippen molar-refractivity contribution in [3.63, 3.8) is 0 Å². The average molecular weight is 421 g/mol. The Labute approximate surface area is 169 Å². The van der Waals surface area contributed by atoms with Crippen molar-refractivity contribution in [2.75, 3.05) is 12.4 Å². The molecule has 3 aromatic rings. The smallest absolute Gasteiger partial charge is 0.418 e. The second kappa shape index (κ2) is 8.57. The van der Waals surface area contributed by atoms with E-state index < -0.39 is 17.6 Å². The number of alkyl halides is 3. The summed E-state index contributed by atoms with van der Waals surface area (Å²) in [5.74, 6) is 0.558. The van der Waals surface area contributed by atoms with Gasteiger partial charge < -0.3 is 14.8 Å². The molecule has 0 saturated carbocycles. The van der Waals surface area contributed by atoms with E-state index in [0.29, 0.717) is 11.5 Å². The van der Waals surface area contributed by atoms with Crippen molar-refractivity contribution in [1.29, 1.82) is 0 Å². The van der Waals surface area contributed by atoms with Gasteiger partial charge in [0, 0.05) is 5.56 Å². The van der Waals surface area contributed by atoms with Crippen LogP contribution >= 0.6 is 11.3 Å². The predicted octanol–water partition coefficient (Wildman–Crippen LogP) is 5.92. The minimum atomic E-state index is -4.55. The number of rotatable bonds is 6. The number of aryl methyl sites for hydroxylation is 1. The van der Waals surface area contributed by atoms with E-state index >= 15 is 0 Å². The van der Waals surface area contributed by atoms with E-state index in [4.69, 9.17) is 9.47 Å². The molecule has 0 fully saturated rings. The first-order valence-electron chi connectivity index (χ1n) is 8.60. The van der Waals surface area contributed by atoms with E-state index in [0.717, 1.165) is 28.5 Å². The third kappa shape index (κ3) is 5.08. The van der Waals surface area contributed by atoms with E-state index in [1.165, 1.54) is 18.2 Å². The first-order valence-corrected chi connectivity index (χ1v) is 9.48.